The summed E-state index contributed by atoms with van der Waals surface area (Å²) in [6.07, 6.45) is -1.45. The molecule has 0 spiro atoms. The van der Waals surface area contributed by atoms with Crippen LogP contribution in [0.3, 0.4) is 0 Å². The van der Waals surface area contributed by atoms with Crippen LogP contribution in [0.1, 0.15) is 11.1 Å². The minimum atomic E-state index is -4.50. The summed E-state index contributed by atoms with van der Waals surface area (Å²) in [5.74, 6) is 0.588. The van der Waals surface area contributed by atoms with Crippen molar-refractivity contribution in [1.29, 1.82) is 0 Å². The predicted octanol–water partition coefficient (Wildman–Crippen LogP) is 4.85. The summed E-state index contributed by atoms with van der Waals surface area (Å²) in [4.78, 5) is 25.2. The van der Waals surface area contributed by atoms with Crippen LogP contribution in [-0.2, 0) is 10.9 Å². The van der Waals surface area contributed by atoms with Crippen molar-refractivity contribution in [1.82, 2.24) is 19.5 Å². The fourth-order valence-electron chi connectivity index (χ4n) is 3.43. The van der Waals surface area contributed by atoms with Crippen molar-refractivity contribution in [2.45, 2.75) is 13.1 Å². The summed E-state index contributed by atoms with van der Waals surface area (Å²) >= 11 is 0. The van der Waals surface area contributed by atoms with Crippen molar-refractivity contribution in [3.8, 4) is 5.69 Å². The molecule has 0 bridgehead atoms. The quantitative estimate of drug-likeness (QED) is 0.323. The van der Waals surface area contributed by atoms with E-state index in [1.165, 1.54) is 25.4 Å². The smallest absolute Gasteiger partial charge is 0.383 e. The van der Waals surface area contributed by atoms with Crippen LogP contribution in [0.5, 0.6) is 0 Å². The van der Waals surface area contributed by atoms with E-state index in [0.29, 0.717) is 35.8 Å². The average Bonchev–Trinajstić information content (AvgIpc) is 3.25. The Morgan fingerprint density at radius 2 is 1.74 bits per heavy atom. The topological polar surface area (TPSA) is 106 Å². The van der Waals surface area contributed by atoms with Gasteiger partial charge in [0.2, 0.25) is 0 Å². The first kappa shape index (κ1) is 24.0. The van der Waals surface area contributed by atoms with E-state index in [1.54, 1.807) is 42.3 Å². The molecule has 2 heterocycles. The number of urea groups is 1. The molecule has 0 unspecified atom stereocenters. The van der Waals surface area contributed by atoms with Crippen molar-refractivity contribution in [2.24, 2.45) is 0 Å². The molecule has 12 heteroatoms. The Hall–Kier alpha value is -4.19. The van der Waals surface area contributed by atoms with E-state index in [2.05, 4.69) is 30.9 Å². The number of ether oxygens (including phenoxy) is 1. The SMILES string of the molecule is COCCNc1ncnc2c1ncn2-c1ccc(NC(=O)Nc2ccc(C)c(C(F)(F)F)c2)cc1. The van der Waals surface area contributed by atoms with Gasteiger partial charge in [0, 0.05) is 30.7 Å². The monoisotopic (exact) mass is 485 g/mol. The molecule has 4 aromatic rings. The van der Waals surface area contributed by atoms with Gasteiger partial charge in [0.15, 0.2) is 17.0 Å². The molecule has 182 valence electrons. The minimum Gasteiger partial charge on any atom is -0.383 e. The highest BCUT2D eigenvalue weighted by Crippen LogP contribution is 2.33. The maximum Gasteiger partial charge on any atom is 0.416 e. The van der Waals surface area contributed by atoms with Gasteiger partial charge >= 0.3 is 12.2 Å². The number of amides is 2. The highest BCUT2D eigenvalue weighted by molar-refractivity contribution is 5.99. The molecule has 9 nitrogen and oxygen atoms in total. The van der Waals surface area contributed by atoms with Crippen LogP contribution in [0.2, 0.25) is 0 Å². The molecule has 0 saturated carbocycles. The zero-order valence-corrected chi connectivity index (χ0v) is 18.8. The average molecular weight is 485 g/mol. The number of imidazole rings is 1. The number of nitrogens with one attached hydrogen (secondary N) is 3. The highest BCUT2D eigenvalue weighted by Gasteiger charge is 2.32. The second-order valence-corrected chi connectivity index (χ2v) is 7.58. The van der Waals surface area contributed by atoms with Gasteiger partial charge in [0.25, 0.3) is 0 Å². The lowest BCUT2D eigenvalue weighted by atomic mass is 10.1. The third-order valence-electron chi connectivity index (χ3n) is 5.14. The number of benzene rings is 2. The fraction of sp³-hybridized carbons (Fsp3) is 0.217. The van der Waals surface area contributed by atoms with Crippen molar-refractivity contribution >= 4 is 34.4 Å². The molecular weight excluding hydrogens is 463 g/mol. The molecule has 2 aromatic heterocycles. The number of methoxy groups -OCH3 is 1. The minimum absolute atomic E-state index is 0.0385. The Labute approximate surface area is 198 Å². The highest BCUT2D eigenvalue weighted by atomic mass is 19.4. The Morgan fingerprint density at radius 1 is 1.03 bits per heavy atom. The van der Waals surface area contributed by atoms with Gasteiger partial charge in [-0.05, 0) is 48.9 Å². The molecule has 4 rings (SSSR count). The molecule has 0 radical (unpaired) electrons. The Kier molecular flexibility index (Phi) is 6.82. The maximum absolute atomic E-state index is 13.1. The second-order valence-electron chi connectivity index (χ2n) is 7.58. The van der Waals surface area contributed by atoms with Crippen LogP contribution in [0.25, 0.3) is 16.9 Å². The van der Waals surface area contributed by atoms with Crippen LogP contribution >= 0.6 is 0 Å². The first-order chi connectivity index (χ1) is 16.8. The number of anilines is 3. The normalized spacial score (nSPS) is 11.5. The van der Waals surface area contributed by atoms with Gasteiger partial charge < -0.3 is 20.7 Å². The third-order valence-corrected chi connectivity index (χ3v) is 5.14. The third kappa shape index (κ3) is 5.49. The first-order valence-corrected chi connectivity index (χ1v) is 10.5. The van der Waals surface area contributed by atoms with Crippen LogP contribution < -0.4 is 16.0 Å². The van der Waals surface area contributed by atoms with E-state index in [4.69, 9.17) is 4.74 Å². The summed E-state index contributed by atoms with van der Waals surface area (Å²) in [5.41, 5.74) is 1.71. The summed E-state index contributed by atoms with van der Waals surface area (Å²) in [6, 6.07) is 9.80. The molecule has 0 saturated heterocycles. The number of fused-ring (bicyclic) bond motifs is 1. The largest absolute Gasteiger partial charge is 0.416 e. The molecule has 0 atom stereocenters. The second kappa shape index (κ2) is 9.97. The molecule has 2 amide bonds. The van der Waals surface area contributed by atoms with Gasteiger partial charge in [-0.15, -0.1) is 0 Å². The van der Waals surface area contributed by atoms with E-state index in [1.807, 2.05) is 0 Å². The van der Waals surface area contributed by atoms with Gasteiger partial charge in [-0.1, -0.05) is 6.07 Å². The van der Waals surface area contributed by atoms with Gasteiger partial charge in [-0.2, -0.15) is 13.2 Å². The van der Waals surface area contributed by atoms with Crippen LogP contribution in [-0.4, -0.2) is 45.8 Å². The molecule has 3 N–H and O–H groups in total. The Morgan fingerprint density at radius 3 is 2.46 bits per heavy atom. The fourth-order valence-corrected chi connectivity index (χ4v) is 3.43. The molecular formula is C23H22F3N7O2. The Balaban J connectivity index is 1.46. The molecule has 0 aliphatic rings. The molecule has 2 aromatic carbocycles. The number of aromatic nitrogens is 4. The van der Waals surface area contributed by atoms with Crippen molar-refractivity contribution in [3.63, 3.8) is 0 Å². The van der Waals surface area contributed by atoms with Crippen molar-refractivity contribution < 1.29 is 22.7 Å². The Bertz CT molecular complexity index is 1340. The number of carbonyl (C=O) groups excluding carboxylic acids is 1. The standard InChI is InChI=1S/C23H22F3N7O2/c1-14-3-4-16(11-18(14)23(24,25)26)32-22(34)31-15-5-7-17(8-6-15)33-13-30-19-20(27-9-10-35-2)28-12-29-21(19)33/h3-8,11-13H,9-10H2,1-2H3,(H,27,28,29)(H2,31,32,34). The van der Waals surface area contributed by atoms with E-state index in [-0.39, 0.29) is 11.3 Å². The van der Waals surface area contributed by atoms with E-state index >= 15 is 0 Å². The molecule has 0 fully saturated rings. The van der Waals surface area contributed by atoms with Crippen molar-refractivity contribution in [3.05, 3.63) is 66.2 Å². The van der Waals surface area contributed by atoms with Gasteiger partial charge in [-0.25, -0.2) is 19.7 Å². The van der Waals surface area contributed by atoms with E-state index < -0.39 is 17.8 Å². The van der Waals surface area contributed by atoms with Crippen LogP contribution in [0, 0.1) is 6.92 Å². The van der Waals surface area contributed by atoms with Gasteiger partial charge in [0.05, 0.1) is 12.2 Å². The van der Waals surface area contributed by atoms with Crippen LogP contribution in [0.4, 0.5) is 35.2 Å². The molecule has 0 aliphatic heterocycles. The number of aryl methyl sites for hydroxylation is 1. The number of hydrogen-bond donors (Lipinski definition) is 3. The van der Waals surface area contributed by atoms with Gasteiger partial charge in [-0.3, -0.25) is 4.57 Å². The number of hydrogen-bond acceptors (Lipinski definition) is 6. The number of halogens is 3. The lowest BCUT2D eigenvalue weighted by Crippen LogP contribution is -2.20. The molecule has 35 heavy (non-hydrogen) atoms. The summed E-state index contributed by atoms with van der Waals surface area (Å²) in [6.45, 7) is 2.45. The summed E-state index contributed by atoms with van der Waals surface area (Å²) < 4.78 is 46.1. The lowest BCUT2D eigenvalue weighted by molar-refractivity contribution is -0.138. The van der Waals surface area contributed by atoms with Crippen LogP contribution in [0.15, 0.2) is 55.1 Å². The molecule has 0 aliphatic carbocycles. The zero-order chi connectivity index (χ0) is 25.0. The van der Waals surface area contributed by atoms with E-state index in [9.17, 15) is 18.0 Å². The lowest BCUT2D eigenvalue weighted by Gasteiger charge is -2.13. The number of rotatable bonds is 7. The van der Waals surface area contributed by atoms with E-state index in [0.717, 1.165) is 11.8 Å². The predicted molar refractivity (Wildman–Crippen MR) is 126 cm³/mol. The number of nitrogens with zero attached hydrogens (tertiary/aromatic N) is 4. The summed E-state index contributed by atoms with van der Waals surface area (Å²) in [5, 5.41) is 8.18. The van der Waals surface area contributed by atoms with Crippen molar-refractivity contribution in [2.75, 3.05) is 36.2 Å². The number of carbonyl (C=O) groups is 1. The number of alkyl halides is 3. The summed E-state index contributed by atoms with van der Waals surface area (Å²) in [7, 11) is 1.61. The first-order valence-electron chi connectivity index (χ1n) is 10.5. The van der Waals surface area contributed by atoms with Gasteiger partial charge in [0.1, 0.15) is 12.7 Å². The maximum atomic E-state index is 13.1. The zero-order valence-electron chi connectivity index (χ0n) is 18.8.